The zero-order valence-corrected chi connectivity index (χ0v) is 14.1. The number of hydrogen-bond donors (Lipinski definition) is 2. The maximum absolute atomic E-state index is 6.16. The molecule has 0 bridgehead atoms. The van der Waals surface area contributed by atoms with Gasteiger partial charge in [0, 0.05) is 28.4 Å². The van der Waals surface area contributed by atoms with E-state index in [9.17, 15) is 0 Å². The van der Waals surface area contributed by atoms with Gasteiger partial charge >= 0.3 is 0 Å². The fraction of sp³-hybridized carbons (Fsp3) is 0.286. The van der Waals surface area contributed by atoms with Crippen LogP contribution >= 0.6 is 35.4 Å². The lowest BCUT2D eigenvalue weighted by Crippen LogP contribution is -2.34. The molecule has 7 heteroatoms. The van der Waals surface area contributed by atoms with Gasteiger partial charge in [-0.3, -0.25) is 4.68 Å². The van der Waals surface area contributed by atoms with Gasteiger partial charge in [0.15, 0.2) is 10.9 Å². The molecule has 0 unspecified atom stereocenters. The van der Waals surface area contributed by atoms with Crippen LogP contribution in [0.2, 0.25) is 10.0 Å². The molecule has 0 radical (unpaired) electrons. The quantitative estimate of drug-likeness (QED) is 0.826. The Kier molecular flexibility index (Phi) is 5.45. The van der Waals surface area contributed by atoms with Gasteiger partial charge in [0.2, 0.25) is 0 Å². The normalized spacial score (nSPS) is 10.7. The molecular weight excluding hydrogens is 327 g/mol. The third-order valence-corrected chi connectivity index (χ3v) is 3.46. The van der Waals surface area contributed by atoms with Gasteiger partial charge in [0.1, 0.15) is 0 Å². The summed E-state index contributed by atoms with van der Waals surface area (Å²) >= 11 is 17.2. The van der Waals surface area contributed by atoms with Crippen LogP contribution in [0, 0.1) is 0 Å². The highest BCUT2D eigenvalue weighted by Gasteiger charge is 2.06. The highest BCUT2D eigenvalue weighted by Crippen LogP contribution is 2.21. The number of rotatable bonds is 4. The van der Waals surface area contributed by atoms with Crippen molar-refractivity contribution in [2.45, 2.75) is 26.4 Å². The van der Waals surface area contributed by atoms with Crippen LogP contribution in [0.15, 0.2) is 30.5 Å². The van der Waals surface area contributed by atoms with Crippen molar-refractivity contribution in [3.63, 3.8) is 0 Å². The monoisotopic (exact) mass is 342 g/mol. The number of hydrogen-bond acceptors (Lipinski definition) is 2. The van der Waals surface area contributed by atoms with Crippen LogP contribution in [0.3, 0.4) is 0 Å². The first kappa shape index (κ1) is 16.1. The highest BCUT2D eigenvalue weighted by atomic mass is 35.5. The summed E-state index contributed by atoms with van der Waals surface area (Å²) in [4.78, 5) is 0. The van der Waals surface area contributed by atoms with Crippen molar-refractivity contribution < 1.29 is 0 Å². The van der Waals surface area contributed by atoms with E-state index in [0.29, 0.717) is 27.5 Å². The zero-order chi connectivity index (χ0) is 15.4. The Balaban J connectivity index is 2.01. The number of benzene rings is 1. The smallest absolute Gasteiger partial charge is 0.172 e. The van der Waals surface area contributed by atoms with Crippen molar-refractivity contribution in [3.8, 4) is 0 Å². The average Bonchev–Trinajstić information content (AvgIpc) is 2.79. The Labute approximate surface area is 139 Å². The van der Waals surface area contributed by atoms with Gasteiger partial charge in [-0.25, -0.2) is 0 Å². The van der Waals surface area contributed by atoms with E-state index in [-0.39, 0.29) is 6.04 Å². The van der Waals surface area contributed by atoms with E-state index in [1.54, 1.807) is 10.7 Å². The molecule has 2 N–H and O–H groups in total. The molecule has 0 atom stereocenters. The van der Waals surface area contributed by atoms with Crippen molar-refractivity contribution in [3.05, 3.63) is 46.1 Å². The van der Waals surface area contributed by atoms with Gasteiger partial charge in [-0.05, 0) is 43.8 Å². The molecule has 0 amide bonds. The summed E-state index contributed by atoms with van der Waals surface area (Å²) < 4.78 is 1.79. The Morgan fingerprint density at radius 3 is 2.76 bits per heavy atom. The van der Waals surface area contributed by atoms with Crippen molar-refractivity contribution in [1.29, 1.82) is 0 Å². The van der Waals surface area contributed by atoms with E-state index >= 15 is 0 Å². The number of nitrogens with zero attached hydrogens (tertiary/aromatic N) is 2. The van der Waals surface area contributed by atoms with Crippen LogP contribution < -0.4 is 10.6 Å². The van der Waals surface area contributed by atoms with Crippen molar-refractivity contribution in [2.24, 2.45) is 0 Å². The predicted molar refractivity (Wildman–Crippen MR) is 92.3 cm³/mol. The molecule has 112 valence electrons. The summed E-state index contributed by atoms with van der Waals surface area (Å²) in [6.45, 7) is 4.62. The lowest BCUT2D eigenvalue weighted by molar-refractivity contribution is 0.689. The lowest BCUT2D eigenvalue weighted by atomic mass is 10.2. The Morgan fingerprint density at radius 2 is 2.10 bits per heavy atom. The van der Waals surface area contributed by atoms with Gasteiger partial charge in [0.05, 0.1) is 6.54 Å². The molecule has 21 heavy (non-hydrogen) atoms. The zero-order valence-electron chi connectivity index (χ0n) is 11.7. The topological polar surface area (TPSA) is 41.9 Å². The Bertz CT molecular complexity index is 640. The summed E-state index contributed by atoms with van der Waals surface area (Å²) in [7, 11) is 0. The van der Waals surface area contributed by atoms with Crippen LogP contribution in [-0.4, -0.2) is 20.9 Å². The molecule has 1 aromatic heterocycles. The van der Waals surface area contributed by atoms with Crippen LogP contribution in [0.1, 0.15) is 19.4 Å². The molecule has 0 fully saturated rings. The second-order valence-corrected chi connectivity index (χ2v) is 6.14. The maximum atomic E-state index is 6.16. The summed E-state index contributed by atoms with van der Waals surface area (Å²) in [6, 6.07) is 7.57. The number of halogens is 2. The van der Waals surface area contributed by atoms with Crippen molar-refractivity contribution >= 4 is 46.4 Å². The van der Waals surface area contributed by atoms with E-state index in [1.807, 2.05) is 38.2 Å². The van der Waals surface area contributed by atoms with Gasteiger partial charge in [-0.2, -0.15) is 5.10 Å². The van der Waals surface area contributed by atoms with Crippen molar-refractivity contribution in [1.82, 2.24) is 15.1 Å². The highest BCUT2D eigenvalue weighted by molar-refractivity contribution is 7.80. The van der Waals surface area contributed by atoms with E-state index < -0.39 is 0 Å². The minimum atomic E-state index is 0.278. The Morgan fingerprint density at radius 1 is 1.33 bits per heavy atom. The van der Waals surface area contributed by atoms with Gasteiger partial charge < -0.3 is 10.6 Å². The minimum absolute atomic E-state index is 0.278. The molecule has 0 saturated heterocycles. The molecule has 0 aliphatic carbocycles. The minimum Gasteiger partial charge on any atom is -0.360 e. The van der Waals surface area contributed by atoms with Crippen LogP contribution in [0.25, 0.3) is 0 Å². The third-order valence-electron chi connectivity index (χ3n) is 2.65. The molecule has 2 rings (SSSR count). The molecule has 0 aliphatic heterocycles. The maximum Gasteiger partial charge on any atom is 0.172 e. The number of anilines is 1. The molecular formula is C14H16Cl2N4S. The molecule has 0 aliphatic rings. The van der Waals surface area contributed by atoms with Crippen LogP contribution in [0.4, 0.5) is 5.82 Å². The predicted octanol–water partition coefficient (Wildman–Crippen LogP) is 3.93. The van der Waals surface area contributed by atoms with Gasteiger partial charge in [0.25, 0.3) is 0 Å². The van der Waals surface area contributed by atoms with E-state index in [1.165, 1.54) is 0 Å². The first-order valence-electron chi connectivity index (χ1n) is 6.49. The molecule has 1 heterocycles. The summed E-state index contributed by atoms with van der Waals surface area (Å²) in [5.41, 5.74) is 0.957. The summed E-state index contributed by atoms with van der Waals surface area (Å²) in [5.74, 6) is 0.693. The summed E-state index contributed by atoms with van der Waals surface area (Å²) in [6.07, 6.45) is 1.87. The first-order chi connectivity index (χ1) is 9.94. The molecule has 0 spiro atoms. The number of nitrogens with one attached hydrogen (secondary N) is 2. The standard InChI is InChI=1S/C14H16Cl2N4S/c1-9(2)17-14(21)18-13-5-6-20(19-13)8-10-3-4-11(15)7-12(10)16/h3-7,9H,8H2,1-2H3,(H2,17,18,19,21). The molecule has 0 saturated carbocycles. The first-order valence-corrected chi connectivity index (χ1v) is 7.65. The second-order valence-electron chi connectivity index (χ2n) is 4.89. The van der Waals surface area contributed by atoms with Crippen molar-refractivity contribution in [2.75, 3.05) is 5.32 Å². The van der Waals surface area contributed by atoms with Gasteiger partial charge in [-0.1, -0.05) is 29.3 Å². The van der Waals surface area contributed by atoms with E-state index in [2.05, 4.69) is 15.7 Å². The van der Waals surface area contributed by atoms with E-state index in [4.69, 9.17) is 35.4 Å². The molecule has 4 nitrogen and oxygen atoms in total. The average molecular weight is 343 g/mol. The third kappa shape index (κ3) is 4.88. The Hall–Kier alpha value is -1.30. The van der Waals surface area contributed by atoms with E-state index in [0.717, 1.165) is 5.56 Å². The lowest BCUT2D eigenvalue weighted by Gasteiger charge is -2.11. The molecule has 2 aromatic rings. The SMILES string of the molecule is CC(C)NC(=S)Nc1ccn(Cc2ccc(Cl)cc2Cl)n1. The number of thiocarbonyl (C=S) groups is 1. The molecule has 1 aromatic carbocycles. The van der Waals surface area contributed by atoms with Crippen LogP contribution in [0.5, 0.6) is 0 Å². The van der Waals surface area contributed by atoms with Crippen LogP contribution in [-0.2, 0) is 6.54 Å². The fourth-order valence-electron chi connectivity index (χ4n) is 1.76. The second kappa shape index (κ2) is 7.11. The largest absolute Gasteiger partial charge is 0.360 e. The fourth-order valence-corrected chi connectivity index (χ4v) is 2.56. The van der Waals surface area contributed by atoms with Gasteiger partial charge in [-0.15, -0.1) is 0 Å². The summed E-state index contributed by atoms with van der Waals surface area (Å²) in [5, 5.41) is 12.3. The number of aromatic nitrogens is 2.